The van der Waals surface area contributed by atoms with Crippen LogP contribution in [0.5, 0.6) is 0 Å². The molecule has 0 saturated heterocycles. The van der Waals surface area contributed by atoms with Gasteiger partial charge in [-0.1, -0.05) is 41.9 Å². The molecule has 3 amide bonds. The molecule has 4 N–H and O–H groups in total. The Kier molecular flexibility index (Phi) is 5.01. The number of carbonyl (C=O) groups excluding carboxylic acids is 2. The van der Waals surface area contributed by atoms with Gasteiger partial charge in [-0.15, -0.1) is 0 Å². The number of nitrogen functional groups attached to an aromatic ring is 1. The van der Waals surface area contributed by atoms with E-state index in [0.717, 1.165) is 11.1 Å². The van der Waals surface area contributed by atoms with Crippen molar-refractivity contribution in [2.45, 2.75) is 13.5 Å². The number of nitrogens with one attached hydrogen (secondary N) is 2. The van der Waals surface area contributed by atoms with Gasteiger partial charge in [0.2, 0.25) is 0 Å². The molecule has 2 rings (SSSR count). The van der Waals surface area contributed by atoms with Gasteiger partial charge in [0.05, 0.1) is 10.6 Å². The highest BCUT2D eigenvalue weighted by Gasteiger charge is 2.16. The number of aryl methyl sites for hydroxylation is 1. The predicted molar refractivity (Wildman–Crippen MR) is 86.7 cm³/mol. The Morgan fingerprint density at radius 1 is 1.14 bits per heavy atom. The van der Waals surface area contributed by atoms with Gasteiger partial charge in [-0.3, -0.25) is 10.1 Å². The van der Waals surface area contributed by atoms with E-state index in [4.69, 9.17) is 17.3 Å². The van der Waals surface area contributed by atoms with E-state index in [1.807, 2.05) is 31.2 Å². The summed E-state index contributed by atoms with van der Waals surface area (Å²) in [6, 6.07) is 11.8. The molecule has 114 valence electrons. The normalized spacial score (nSPS) is 10.1. The Morgan fingerprint density at radius 3 is 2.55 bits per heavy atom. The van der Waals surface area contributed by atoms with Gasteiger partial charge >= 0.3 is 6.03 Å². The summed E-state index contributed by atoms with van der Waals surface area (Å²) in [4.78, 5) is 23.8. The molecule has 5 nitrogen and oxygen atoms in total. The van der Waals surface area contributed by atoms with Crippen LogP contribution >= 0.6 is 11.6 Å². The lowest BCUT2D eigenvalue weighted by molar-refractivity contribution is 0.0965. The minimum Gasteiger partial charge on any atom is -0.398 e. The van der Waals surface area contributed by atoms with Crippen LogP contribution < -0.4 is 16.4 Å². The minimum atomic E-state index is -0.634. The number of nitrogens with two attached hydrogens (primary N) is 1. The molecule has 0 atom stereocenters. The molecule has 0 aliphatic heterocycles. The highest BCUT2D eigenvalue weighted by Crippen LogP contribution is 2.21. The van der Waals surface area contributed by atoms with Gasteiger partial charge in [0.1, 0.15) is 0 Å². The summed E-state index contributed by atoms with van der Waals surface area (Å²) in [6.07, 6.45) is 0. The van der Waals surface area contributed by atoms with Crippen molar-refractivity contribution in [3.8, 4) is 0 Å². The fraction of sp³-hybridized carbons (Fsp3) is 0.125. The lowest BCUT2D eigenvalue weighted by Gasteiger charge is -2.10. The largest absolute Gasteiger partial charge is 0.398 e. The maximum absolute atomic E-state index is 12.0. The summed E-state index contributed by atoms with van der Waals surface area (Å²) in [5, 5.41) is 5.04. The molecule has 0 fully saturated rings. The highest BCUT2D eigenvalue weighted by molar-refractivity contribution is 6.35. The zero-order valence-corrected chi connectivity index (χ0v) is 12.8. The number of amides is 3. The molecule has 0 heterocycles. The van der Waals surface area contributed by atoms with E-state index in [0.29, 0.717) is 6.54 Å². The molecule has 0 radical (unpaired) electrons. The fourth-order valence-corrected chi connectivity index (χ4v) is 2.24. The number of urea groups is 1. The Balaban J connectivity index is 1.98. The number of rotatable bonds is 3. The van der Waals surface area contributed by atoms with E-state index < -0.39 is 11.9 Å². The number of halogens is 1. The van der Waals surface area contributed by atoms with Gasteiger partial charge in [-0.05, 0) is 30.2 Å². The van der Waals surface area contributed by atoms with Crippen molar-refractivity contribution >= 4 is 29.2 Å². The van der Waals surface area contributed by atoms with Crippen LogP contribution in [-0.4, -0.2) is 11.9 Å². The number of anilines is 1. The molecule has 2 aromatic rings. The average molecular weight is 318 g/mol. The second-order valence-corrected chi connectivity index (χ2v) is 5.17. The summed E-state index contributed by atoms with van der Waals surface area (Å²) in [7, 11) is 0. The zero-order chi connectivity index (χ0) is 16.1. The minimum absolute atomic E-state index is 0.0928. The van der Waals surface area contributed by atoms with Gasteiger partial charge in [0.15, 0.2) is 0 Å². The third-order valence-corrected chi connectivity index (χ3v) is 3.52. The number of hydrogen-bond donors (Lipinski definition) is 3. The molecule has 0 bridgehead atoms. The first kappa shape index (κ1) is 15.9. The molecule has 0 spiro atoms. The lowest BCUT2D eigenvalue weighted by atomic mass is 10.1. The van der Waals surface area contributed by atoms with Gasteiger partial charge in [-0.25, -0.2) is 4.79 Å². The standard InChI is InChI=1S/C16H16ClN3O2/c1-10-5-2-3-6-11(10)9-19-16(22)20-15(21)14-12(17)7-4-8-13(14)18/h2-8H,9,18H2,1H3,(H2,19,20,21,22). The summed E-state index contributed by atoms with van der Waals surface area (Å²) in [5.41, 5.74) is 8.05. The van der Waals surface area contributed by atoms with Crippen LogP contribution in [0.15, 0.2) is 42.5 Å². The SMILES string of the molecule is Cc1ccccc1CNC(=O)NC(=O)c1c(N)cccc1Cl. The maximum atomic E-state index is 12.0. The first-order valence-electron chi connectivity index (χ1n) is 6.66. The Labute approximate surface area is 133 Å². The molecule has 0 saturated carbocycles. The number of benzene rings is 2. The smallest absolute Gasteiger partial charge is 0.321 e. The first-order chi connectivity index (χ1) is 10.5. The molecule has 0 unspecified atom stereocenters. The van der Waals surface area contributed by atoms with E-state index in [2.05, 4.69) is 10.6 Å². The van der Waals surface area contributed by atoms with Crippen LogP contribution in [0.4, 0.5) is 10.5 Å². The summed E-state index contributed by atoms with van der Waals surface area (Å²) in [5.74, 6) is -0.634. The molecular weight excluding hydrogens is 302 g/mol. The van der Waals surface area contributed by atoms with Crippen LogP contribution in [-0.2, 0) is 6.54 Å². The fourth-order valence-electron chi connectivity index (χ4n) is 1.97. The molecule has 2 aromatic carbocycles. The Morgan fingerprint density at radius 2 is 1.86 bits per heavy atom. The predicted octanol–water partition coefficient (Wildman–Crippen LogP) is 2.87. The summed E-state index contributed by atoms with van der Waals surface area (Å²) in [6.45, 7) is 2.27. The van der Waals surface area contributed by atoms with Crippen molar-refractivity contribution in [1.29, 1.82) is 0 Å². The molecule has 22 heavy (non-hydrogen) atoms. The maximum Gasteiger partial charge on any atom is 0.321 e. The second-order valence-electron chi connectivity index (χ2n) is 4.77. The average Bonchev–Trinajstić information content (AvgIpc) is 2.46. The topological polar surface area (TPSA) is 84.2 Å². The van der Waals surface area contributed by atoms with E-state index in [-0.39, 0.29) is 16.3 Å². The first-order valence-corrected chi connectivity index (χ1v) is 7.04. The van der Waals surface area contributed by atoms with Crippen LogP contribution in [0.2, 0.25) is 5.02 Å². The lowest BCUT2D eigenvalue weighted by Crippen LogP contribution is -2.39. The summed E-state index contributed by atoms with van der Waals surface area (Å²) < 4.78 is 0. The number of carbonyl (C=O) groups is 2. The molecular formula is C16H16ClN3O2. The van der Waals surface area contributed by atoms with Crippen LogP contribution in [0, 0.1) is 6.92 Å². The highest BCUT2D eigenvalue weighted by atomic mass is 35.5. The van der Waals surface area contributed by atoms with Crippen molar-refractivity contribution in [2.75, 3.05) is 5.73 Å². The van der Waals surface area contributed by atoms with Crippen molar-refractivity contribution in [2.24, 2.45) is 0 Å². The Hall–Kier alpha value is -2.53. The molecule has 6 heteroatoms. The zero-order valence-electron chi connectivity index (χ0n) is 12.0. The molecule has 0 aliphatic carbocycles. The van der Waals surface area contributed by atoms with Crippen LogP contribution in [0.1, 0.15) is 21.5 Å². The van der Waals surface area contributed by atoms with Crippen LogP contribution in [0.3, 0.4) is 0 Å². The van der Waals surface area contributed by atoms with Gasteiger partial charge < -0.3 is 11.1 Å². The molecule has 0 aromatic heterocycles. The van der Waals surface area contributed by atoms with E-state index in [1.54, 1.807) is 12.1 Å². The van der Waals surface area contributed by atoms with Gasteiger partial charge in [-0.2, -0.15) is 0 Å². The van der Waals surface area contributed by atoms with Crippen molar-refractivity contribution in [1.82, 2.24) is 10.6 Å². The monoisotopic (exact) mass is 317 g/mol. The van der Waals surface area contributed by atoms with Crippen molar-refractivity contribution < 1.29 is 9.59 Å². The van der Waals surface area contributed by atoms with Crippen molar-refractivity contribution in [3.63, 3.8) is 0 Å². The van der Waals surface area contributed by atoms with E-state index >= 15 is 0 Å². The molecule has 0 aliphatic rings. The summed E-state index contributed by atoms with van der Waals surface area (Å²) >= 11 is 5.93. The third-order valence-electron chi connectivity index (χ3n) is 3.20. The van der Waals surface area contributed by atoms with Gasteiger partial charge in [0, 0.05) is 12.2 Å². The number of hydrogen-bond acceptors (Lipinski definition) is 3. The Bertz CT molecular complexity index is 696. The quantitative estimate of drug-likeness (QED) is 0.761. The van der Waals surface area contributed by atoms with E-state index in [1.165, 1.54) is 6.07 Å². The van der Waals surface area contributed by atoms with Crippen LogP contribution in [0.25, 0.3) is 0 Å². The second kappa shape index (κ2) is 6.95. The van der Waals surface area contributed by atoms with Crippen molar-refractivity contribution in [3.05, 3.63) is 64.2 Å². The third kappa shape index (κ3) is 3.77. The number of imide groups is 1. The van der Waals surface area contributed by atoms with Gasteiger partial charge in [0.25, 0.3) is 5.91 Å². The van der Waals surface area contributed by atoms with E-state index in [9.17, 15) is 9.59 Å².